The molecule has 0 spiro atoms. The van der Waals surface area contributed by atoms with Crippen LogP contribution in [0, 0.1) is 11.8 Å². The number of hydrogen-bond donors (Lipinski definition) is 14. The van der Waals surface area contributed by atoms with E-state index >= 15 is 0 Å². The van der Waals surface area contributed by atoms with Crippen molar-refractivity contribution in [2.24, 2.45) is 29.0 Å². The SMILES string of the molecule is CC[C@H](C)[C@H](NC(=O)[C@H](Cc1ccc(O)cc1)NC(=O)[C@@H](N)CS)C(=O)N[C@@H](CO)C(=O)N[C@@H](CC(N)=O)C(=O)N[C@@H](CS)C(=O)N1CCC[C@H]1C(=O)N[C@H](C(=O)NCC(N)=O)[C@@H](C)CC. The quantitative estimate of drug-likeness (QED) is 0.0371. The van der Waals surface area contributed by atoms with Crippen LogP contribution in [0.15, 0.2) is 24.3 Å². The van der Waals surface area contributed by atoms with E-state index in [1.165, 1.54) is 29.2 Å². The van der Waals surface area contributed by atoms with Gasteiger partial charge in [-0.1, -0.05) is 52.7 Å². The van der Waals surface area contributed by atoms with Crippen molar-refractivity contribution in [3.05, 3.63) is 29.8 Å². The van der Waals surface area contributed by atoms with Gasteiger partial charge in [-0.15, -0.1) is 0 Å². The van der Waals surface area contributed by atoms with Crippen molar-refractivity contribution < 1.29 is 58.2 Å². The number of nitrogens with one attached hydrogen (secondary N) is 7. The monoisotopic (exact) mass is 967 g/mol. The predicted octanol–water partition coefficient (Wildman–Crippen LogP) is -4.42. The average molecular weight is 968 g/mol. The zero-order chi connectivity index (χ0) is 49.8. The lowest BCUT2D eigenvalue weighted by Crippen LogP contribution is -2.62. The third kappa shape index (κ3) is 17.3. The Balaban J connectivity index is 2.25. The largest absolute Gasteiger partial charge is 0.508 e. The number of primary amides is 2. The van der Waals surface area contributed by atoms with E-state index < -0.39 is 133 Å². The molecule has 0 radical (unpaired) electrons. The van der Waals surface area contributed by atoms with Gasteiger partial charge in [0.25, 0.3) is 0 Å². The van der Waals surface area contributed by atoms with E-state index in [0.717, 1.165) is 0 Å². The highest BCUT2D eigenvalue weighted by Crippen LogP contribution is 2.21. The number of benzene rings is 1. The van der Waals surface area contributed by atoms with Gasteiger partial charge in [-0.25, -0.2) is 0 Å². The van der Waals surface area contributed by atoms with Crippen molar-refractivity contribution in [2.45, 2.75) is 115 Å². The molecule has 368 valence electrons. The van der Waals surface area contributed by atoms with E-state index in [0.29, 0.717) is 24.8 Å². The third-order valence-electron chi connectivity index (χ3n) is 11.1. The lowest BCUT2D eigenvalue weighted by molar-refractivity contribution is -0.142. The maximum absolute atomic E-state index is 13.8. The Morgan fingerprint density at radius 3 is 1.76 bits per heavy atom. The molecule has 1 heterocycles. The van der Waals surface area contributed by atoms with Gasteiger partial charge in [-0.3, -0.25) is 47.9 Å². The minimum Gasteiger partial charge on any atom is -0.508 e. The Labute approximate surface area is 393 Å². The zero-order valence-electron chi connectivity index (χ0n) is 37.4. The molecule has 66 heavy (non-hydrogen) atoms. The van der Waals surface area contributed by atoms with E-state index in [9.17, 15) is 58.2 Å². The first-order valence-electron chi connectivity index (χ1n) is 21.5. The summed E-state index contributed by atoms with van der Waals surface area (Å²) in [5.41, 5.74) is 16.9. The van der Waals surface area contributed by atoms with Crippen LogP contribution in [-0.4, -0.2) is 154 Å². The number of nitrogens with two attached hydrogens (primary N) is 3. The topological polar surface area (TPSA) is 377 Å². The average Bonchev–Trinajstić information content (AvgIpc) is 3.79. The summed E-state index contributed by atoms with van der Waals surface area (Å²) in [6.07, 6.45) is 0.524. The zero-order valence-corrected chi connectivity index (χ0v) is 39.2. The first-order valence-corrected chi connectivity index (χ1v) is 22.7. The van der Waals surface area contributed by atoms with Crippen molar-refractivity contribution >= 4 is 84.3 Å². The summed E-state index contributed by atoms with van der Waals surface area (Å²) in [7, 11) is 0. The van der Waals surface area contributed by atoms with Gasteiger partial charge in [0, 0.05) is 24.5 Å². The summed E-state index contributed by atoms with van der Waals surface area (Å²) in [6.45, 7) is 5.48. The smallest absolute Gasteiger partial charge is 0.246 e. The van der Waals surface area contributed by atoms with Crippen molar-refractivity contribution in [3.63, 3.8) is 0 Å². The van der Waals surface area contributed by atoms with E-state index in [4.69, 9.17) is 17.2 Å². The number of carbonyl (C=O) groups is 10. The molecule has 0 unspecified atom stereocenters. The molecular weight excluding hydrogens is 903 g/mol. The van der Waals surface area contributed by atoms with E-state index in [-0.39, 0.29) is 42.6 Å². The van der Waals surface area contributed by atoms with Crippen LogP contribution in [0.3, 0.4) is 0 Å². The molecule has 25 heteroatoms. The van der Waals surface area contributed by atoms with Gasteiger partial charge < -0.3 is 69.5 Å². The molecule has 1 aromatic carbocycles. The molecular formula is C41H65N11O12S2. The Hall–Kier alpha value is -5.66. The summed E-state index contributed by atoms with van der Waals surface area (Å²) >= 11 is 8.25. The standard InChI is InChI=1S/C41H65N11O12S2/c1-5-20(3)32(39(62)45-16-31(44)56)51-38(61)29-8-7-13-52(29)41(64)28(19-66)49-35(58)26(15-30(43)55)47-37(60)27(17-53)48-40(63)33(21(4)6-2)50-36(59)25(46-34(57)24(42)18-65)14-22-9-11-23(54)12-10-22/h9-12,20-21,24-29,32-33,53-54,65-66H,5-8,13-19,42H2,1-4H3,(H2,43,55)(H2,44,56)(H,45,62)(H,46,57)(H,47,60)(H,48,63)(H,49,58)(H,50,59)(H,51,61)/t20-,21-,24-,25-,26-,27-,28-,29-,32-,33-/m0/s1. The molecule has 10 atom stereocenters. The van der Waals surface area contributed by atoms with Crippen LogP contribution in [0.4, 0.5) is 0 Å². The van der Waals surface area contributed by atoms with Gasteiger partial charge in [0.2, 0.25) is 59.1 Å². The minimum atomic E-state index is -1.76. The molecule has 1 aliphatic heterocycles. The minimum absolute atomic E-state index is 0.0354. The predicted molar refractivity (Wildman–Crippen MR) is 246 cm³/mol. The number of aromatic hydroxyl groups is 1. The van der Waals surface area contributed by atoms with Crippen LogP contribution in [-0.2, 0) is 54.4 Å². The molecule has 0 saturated carbocycles. The summed E-state index contributed by atoms with van der Waals surface area (Å²) in [5.74, 6) is -9.91. The number of hydrogen-bond acceptors (Lipinski definition) is 15. The van der Waals surface area contributed by atoms with Crippen molar-refractivity contribution in [3.8, 4) is 5.75 Å². The number of phenols is 1. The molecule has 0 bridgehead atoms. The number of phenolic OH excluding ortho intramolecular Hbond substituents is 1. The number of carbonyl (C=O) groups excluding carboxylic acids is 10. The number of rotatable bonds is 27. The molecule has 15 N–H and O–H groups in total. The maximum Gasteiger partial charge on any atom is 0.246 e. The van der Waals surface area contributed by atoms with Gasteiger partial charge in [0.1, 0.15) is 48.0 Å². The highest BCUT2D eigenvalue weighted by Gasteiger charge is 2.40. The van der Waals surface area contributed by atoms with Crippen LogP contribution >= 0.6 is 25.3 Å². The number of amides is 10. The van der Waals surface area contributed by atoms with Crippen molar-refractivity contribution in [2.75, 3.05) is 31.2 Å². The second-order valence-corrected chi connectivity index (χ2v) is 16.8. The number of likely N-dealkylation sites (tertiary alicyclic amines) is 1. The van der Waals surface area contributed by atoms with Crippen LogP contribution in [0.25, 0.3) is 0 Å². The highest BCUT2D eigenvalue weighted by molar-refractivity contribution is 7.80. The number of nitrogens with zero attached hydrogens (tertiary/aromatic N) is 1. The first-order chi connectivity index (χ1) is 31.1. The number of thiol groups is 2. The molecule has 1 saturated heterocycles. The summed E-state index contributed by atoms with van der Waals surface area (Å²) < 4.78 is 0. The highest BCUT2D eigenvalue weighted by atomic mass is 32.1. The van der Waals surface area contributed by atoms with Gasteiger partial charge >= 0.3 is 0 Å². The van der Waals surface area contributed by atoms with Gasteiger partial charge in [-0.05, 0) is 42.4 Å². The Kier molecular flexibility index (Phi) is 23.7. The van der Waals surface area contributed by atoms with Crippen LogP contribution in [0.5, 0.6) is 5.75 Å². The van der Waals surface area contributed by atoms with Gasteiger partial charge in [0.15, 0.2) is 0 Å². The van der Waals surface area contributed by atoms with Crippen LogP contribution in [0.1, 0.15) is 65.4 Å². The molecule has 1 aromatic rings. The molecule has 1 aliphatic rings. The number of aliphatic hydroxyl groups is 1. The molecule has 0 aliphatic carbocycles. The fourth-order valence-electron chi connectivity index (χ4n) is 6.73. The summed E-state index contributed by atoms with van der Waals surface area (Å²) in [5, 5.41) is 37.2. The summed E-state index contributed by atoms with van der Waals surface area (Å²) in [4.78, 5) is 132. The van der Waals surface area contributed by atoms with E-state index in [1.54, 1.807) is 27.7 Å². The van der Waals surface area contributed by atoms with Crippen molar-refractivity contribution in [1.29, 1.82) is 0 Å². The maximum atomic E-state index is 13.8. The molecule has 0 aromatic heterocycles. The third-order valence-corrected chi connectivity index (χ3v) is 11.8. The normalized spacial score (nSPS) is 17.5. The van der Waals surface area contributed by atoms with Crippen LogP contribution in [0.2, 0.25) is 0 Å². The first kappa shape index (κ1) is 56.5. The lowest BCUT2D eigenvalue weighted by Gasteiger charge is -2.31. The molecule has 1 fully saturated rings. The lowest BCUT2D eigenvalue weighted by atomic mass is 9.96. The second-order valence-electron chi connectivity index (χ2n) is 16.1. The number of aliphatic hydroxyl groups excluding tert-OH is 1. The van der Waals surface area contributed by atoms with Crippen LogP contribution < -0.4 is 54.4 Å². The molecule has 23 nitrogen and oxygen atoms in total. The fraction of sp³-hybridized carbons (Fsp3) is 0.610. The Bertz CT molecular complexity index is 1900. The van der Waals surface area contributed by atoms with Crippen molar-refractivity contribution in [1.82, 2.24) is 42.1 Å². The molecule has 10 amide bonds. The Morgan fingerprint density at radius 2 is 1.23 bits per heavy atom. The Morgan fingerprint density at radius 1 is 0.697 bits per heavy atom. The van der Waals surface area contributed by atoms with Gasteiger partial charge in [0.05, 0.1) is 25.6 Å². The van der Waals surface area contributed by atoms with E-state index in [1.807, 2.05) is 0 Å². The van der Waals surface area contributed by atoms with Gasteiger partial charge in [-0.2, -0.15) is 25.3 Å². The fourth-order valence-corrected chi connectivity index (χ4v) is 7.14. The van der Waals surface area contributed by atoms with E-state index in [2.05, 4.69) is 62.5 Å². The second kappa shape index (κ2) is 27.7. The molecule has 2 rings (SSSR count). The summed E-state index contributed by atoms with van der Waals surface area (Å²) in [6, 6.07) is -4.90.